The Bertz CT molecular complexity index is 409. The van der Waals surface area contributed by atoms with Crippen molar-refractivity contribution in [2.45, 2.75) is 38.5 Å². The van der Waals surface area contributed by atoms with E-state index >= 15 is 0 Å². The molecule has 0 bridgehead atoms. The Labute approximate surface area is 139 Å². The summed E-state index contributed by atoms with van der Waals surface area (Å²) in [7, 11) is 0. The SMILES string of the molecule is C[C@H](O)CN1CCNC(CC2=NCC=C2)CN(C[C@H](C)O)CC1. The molecule has 132 valence electrons. The van der Waals surface area contributed by atoms with Crippen molar-refractivity contribution in [1.29, 1.82) is 0 Å². The van der Waals surface area contributed by atoms with Gasteiger partial charge in [-0.05, 0) is 19.9 Å². The molecule has 6 nitrogen and oxygen atoms in total. The average molecular weight is 324 g/mol. The van der Waals surface area contributed by atoms with Gasteiger partial charge in [-0.25, -0.2) is 0 Å². The highest BCUT2D eigenvalue weighted by molar-refractivity contribution is 5.96. The molecule has 2 rings (SSSR count). The quantitative estimate of drug-likeness (QED) is 0.627. The summed E-state index contributed by atoms with van der Waals surface area (Å²) >= 11 is 0. The van der Waals surface area contributed by atoms with Gasteiger partial charge in [0.1, 0.15) is 0 Å². The average Bonchev–Trinajstić information content (AvgIpc) is 2.96. The molecule has 2 aliphatic rings. The van der Waals surface area contributed by atoms with Crippen LogP contribution in [-0.2, 0) is 0 Å². The third kappa shape index (κ3) is 7.10. The first kappa shape index (κ1) is 18.5. The minimum absolute atomic E-state index is 0.310. The Morgan fingerprint density at radius 1 is 1.17 bits per heavy atom. The van der Waals surface area contributed by atoms with Crippen molar-refractivity contribution in [2.75, 3.05) is 52.4 Å². The van der Waals surface area contributed by atoms with Gasteiger partial charge in [-0.3, -0.25) is 14.8 Å². The molecule has 2 aliphatic heterocycles. The molecule has 1 fully saturated rings. The molecule has 0 radical (unpaired) electrons. The minimum atomic E-state index is -0.328. The number of hydrogen-bond donors (Lipinski definition) is 3. The van der Waals surface area contributed by atoms with Crippen molar-refractivity contribution in [3.63, 3.8) is 0 Å². The lowest BCUT2D eigenvalue weighted by Crippen LogP contribution is -2.44. The second-order valence-corrected chi connectivity index (χ2v) is 6.85. The molecular weight excluding hydrogens is 292 g/mol. The molecular formula is C17H32N4O2. The maximum absolute atomic E-state index is 9.77. The fourth-order valence-electron chi connectivity index (χ4n) is 3.32. The van der Waals surface area contributed by atoms with Gasteiger partial charge in [0.25, 0.3) is 0 Å². The summed E-state index contributed by atoms with van der Waals surface area (Å²) in [5.41, 5.74) is 1.17. The van der Waals surface area contributed by atoms with Crippen LogP contribution in [0.5, 0.6) is 0 Å². The minimum Gasteiger partial charge on any atom is -0.392 e. The van der Waals surface area contributed by atoms with E-state index in [4.69, 9.17) is 0 Å². The highest BCUT2D eigenvalue weighted by Gasteiger charge is 2.21. The molecule has 0 spiro atoms. The van der Waals surface area contributed by atoms with Crippen LogP contribution >= 0.6 is 0 Å². The summed E-state index contributed by atoms with van der Waals surface area (Å²) in [5, 5.41) is 23.1. The van der Waals surface area contributed by atoms with Crippen LogP contribution in [0.3, 0.4) is 0 Å². The van der Waals surface area contributed by atoms with E-state index in [2.05, 4.69) is 32.3 Å². The van der Waals surface area contributed by atoms with Crippen LogP contribution in [0.15, 0.2) is 17.1 Å². The summed E-state index contributed by atoms with van der Waals surface area (Å²) in [6, 6.07) is 0.349. The van der Waals surface area contributed by atoms with E-state index in [1.165, 1.54) is 5.71 Å². The highest BCUT2D eigenvalue weighted by atomic mass is 16.3. The van der Waals surface area contributed by atoms with Crippen LogP contribution in [-0.4, -0.2) is 96.3 Å². The maximum atomic E-state index is 9.77. The van der Waals surface area contributed by atoms with E-state index in [9.17, 15) is 10.2 Å². The van der Waals surface area contributed by atoms with Gasteiger partial charge in [-0.2, -0.15) is 0 Å². The predicted molar refractivity (Wildman–Crippen MR) is 94.1 cm³/mol. The molecule has 1 saturated heterocycles. The third-order valence-corrected chi connectivity index (χ3v) is 4.28. The topological polar surface area (TPSA) is 71.3 Å². The van der Waals surface area contributed by atoms with Crippen LogP contribution in [0.4, 0.5) is 0 Å². The summed E-state index contributed by atoms with van der Waals surface area (Å²) in [4.78, 5) is 9.12. The first-order chi connectivity index (χ1) is 11.0. The van der Waals surface area contributed by atoms with Gasteiger partial charge < -0.3 is 15.5 Å². The van der Waals surface area contributed by atoms with Crippen molar-refractivity contribution in [3.05, 3.63) is 12.2 Å². The van der Waals surface area contributed by atoms with Gasteiger partial charge in [0.15, 0.2) is 0 Å². The largest absolute Gasteiger partial charge is 0.392 e. The van der Waals surface area contributed by atoms with Crippen molar-refractivity contribution >= 4 is 5.71 Å². The van der Waals surface area contributed by atoms with Crippen LogP contribution in [0.2, 0.25) is 0 Å². The summed E-state index contributed by atoms with van der Waals surface area (Å²) in [5.74, 6) is 0. The van der Waals surface area contributed by atoms with Crippen molar-refractivity contribution in [1.82, 2.24) is 15.1 Å². The molecule has 0 aromatic heterocycles. The van der Waals surface area contributed by atoms with Gasteiger partial charge >= 0.3 is 0 Å². The van der Waals surface area contributed by atoms with Crippen LogP contribution in [0.25, 0.3) is 0 Å². The Balaban J connectivity index is 1.96. The molecule has 0 amide bonds. The molecule has 0 aliphatic carbocycles. The Kier molecular flexibility index (Phi) is 7.65. The number of hydrogen-bond acceptors (Lipinski definition) is 6. The zero-order valence-corrected chi connectivity index (χ0v) is 14.5. The van der Waals surface area contributed by atoms with Gasteiger partial charge in [0, 0.05) is 64.0 Å². The predicted octanol–water partition coefficient (Wildman–Crippen LogP) is -0.275. The van der Waals surface area contributed by atoms with Crippen LogP contribution < -0.4 is 5.32 Å². The van der Waals surface area contributed by atoms with Gasteiger partial charge in [-0.1, -0.05) is 6.08 Å². The number of rotatable bonds is 6. The van der Waals surface area contributed by atoms with Crippen molar-refractivity contribution in [2.24, 2.45) is 4.99 Å². The van der Waals surface area contributed by atoms with E-state index < -0.39 is 0 Å². The molecule has 0 aromatic rings. The number of nitrogens with zero attached hydrogens (tertiary/aromatic N) is 3. The fraction of sp³-hybridized carbons (Fsp3) is 0.824. The van der Waals surface area contributed by atoms with Gasteiger partial charge in [0.2, 0.25) is 0 Å². The maximum Gasteiger partial charge on any atom is 0.0639 e. The summed E-state index contributed by atoms with van der Waals surface area (Å²) < 4.78 is 0. The Morgan fingerprint density at radius 2 is 1.87 bits per heavy atom. The smallest absolute Gasteiger partial charge is 0.0639 e. The van der Waals surface area contributed by atoms with Gasteiger partial charge in [0.05, 0.1) is 18.8 Å². The van der Waals surface area contributed by atoms with Crippen LogP contribution in [0.1, 0.15) is 20.3 Å². The van der Waals surface area contributed by atoms with E-state index in [-0.39, 0.29) is 12.2 Å². The third-order valence-electron chi connectivity index (χ3n) is 4.28. The fourth-order valence-corrected chi connectivity index (χ4v) is 3.32. The molecule has 3 N–H and O–H groups in total. The molecule has 1 unspecified atom stereocenters. The molecule has 3 atom stereocenters. The van der Waals surface area contributed by atoms with Crippen molar-refractivity contribution < 1.29 is 10.2 Å². The molecule has 23 heavy (non-hydrogen) atoms. The van der Waals surface area contributed by atoms with Crippen molar-refractivity contribution in [3.8, 4) is 0 Å². The first-order valence-corrected chi connectivity index (χ1v) is 8.77. The first-order valence-electron chi connectivity index (χ1n) is 8.77. The monoisotopic (exact) mass is 324 g/mol. The molecule has 0 aromatic carbocycles. The van der Waals surface area contributed by atoms with Gasteiger partial charge in [-0.15, -0.1) is 0 Å². The Hall–Kier alpha value is -0.790. The van der Waals surface area contributed by atoms with E-state index in [0.717, 1.165) is 45.7 Å². The molecule has 2 heterocycles. The number of aliphatic imine (C=N–C) groups is 1. The summed E-state index contributed by atoms with van der Waals surface area (Å²) in [6.45, 7) is 10.5. The number of aliphatic hydroxyl groups is 2. The standard InChI is InChI=1S/C17H32N4O2/c1-14(22)11-20-7-6-19-17(10-16-4-3-5-18-16)13-21(9-8-20)12-15(2)23/h3-4,14-15,17,19,22-23H,5-13H2,1-2H3/t14-,15-,17?/m0/s1. The normalized spacial score (nSPS) is 27.1. The number of β-amino-alcohol motifs (C(OH)–C–C–N with tert-alkyl or cyclic N) is 2. The van der Waals surface area contributed by atoms with E-state index in [0.29, 0.717) is 19.1 Å². The zero-order chi connectivity index (χ0) is 16.7. The van der Waals surface area contributed by atoms with Crippen LogP contribution in [0, 0.1) is 0 Å². The lowest BCUT2D eigenvalue weighted by Gasteiger charge is -2.29. The number of nitrogens with one attached hydrogen (secondary N) is 1. The van der Waals surface area contributed by atoms with E-state index in [1.54, 1.807) is 0 Å². The number of aliphatic hydroxyl groups excluding tert-OH is 2. The van der Waals surface area contributed by atoms with E-state index in [1.807, 2.05) is 13.8 Å². The second kappa shape index (κ2) is 9.49. The zero-order valence-electron chi connectivity index (χ0n) is 14.5. The highest BCUT2D eigenvalue weighted by Crippen LogP contribution is 2.07. The summed E-state index contributed by atoms with van der Waals surface area (Å²) in [6.07, 6.45) is 4.51. The molecule has 0 saturated carbocycles. The second-order valence-electron chi connectivity index (χ2n) is 6.85. The lowest BCUT2D eigenvalue weighted by molar-refractivity contribution is 0.0999. The molecule has 6 heteroatoms. The number of allylic oxidation sites excluding steroid dienone is 1. The Morgan fingerprint density at radius 3 is 2.52 bits per heavy atom. The lowest BCUT2D eigenvalue weighted by atomic mass is 10.1.